The number of nitrogens with zero attached hydrogens (tertiary/aromatic N) is 2. The zero-order chi connectivity index (χ0) is 21.0. The molecule has 4 rings (SSSR count). The Bertz CT molecular complexity index is 979. The first-order valence-corrected chi connectivity index (χ1v) is 11.1. The van der Waals surface area contributed by atoms with Gasteiger partial charge in [-0.1, -0.05) is 36.4 Å². The fraction of sp³-hybridized carbons (Fsp3) is 0.333. The lowest BCUT2D eigenvalue weighted by atomic mass is 9.93. The molecular formula is C24H26FN3OS. The molecule has 0 radical (unpaired) electrons. The summed E-state index contributed by atoms with van der Waals surface area (Å²) in [4.78, 5) is 20.8. The van der Waals surface area contributed by atoms with Crippen LogP contribution in [0.25, 0.3) is 10.4 Å². The number of alkyl halides is 1. The number of benzene rings is 1. The Kier molecular flexibility index (Phi) is 6.25. The van der Waals surface area contributed by atoms with Crippen LogP contribution in [0.4, 0.5) is 4.39 Å². The Morgan fingerprint density at radius 2 is 1.90 bits per heavy atom. The number of halogens is 1. The minimum absolute atomic E-state index is 0.000968. The predicted molar refractivity (Wildman–Crippen MR) is 119 cm³/mol. The first-order valence-electron chi connectivity index (χ1n) is 10.3. The average molecular weight is 424 g/mol. The summed E-state index contributed by atoms with van der Waals surface area (Å²) in [6, 6.07) is 17.9. The van der Waals surface area contributed by atoms with Gasteiger partial charge in [0.15, 0.2) is 0 Å². The van der Waals surface area contributed by atoms with Gasteiger partial charge in [-0.05, 0) is 36.2 Å². The van der Waals surface area contributed by atoms with Crippen molar-refractivity contribution in [1.29, 1.82) is 0 Å². The summed E-state index contributed by atoms with van der Waals surface area (Å²) in [6.07, 6.45) is 2.52. The third-order valence-corrected chi connectivity index (χ3v) is 6.66. The molecule has 0 spiro atoms. The molecule has 1 fully saturated rings. The number of carbonyl (C=O) groups excluding carboxylic acids is 1. The highest BCUT2D eigenvalue weighted by Crippen LogP contribution is 2.31. The molecule has 1 amide bonds. The highest BCUT2D eigenvalue weighted by molar-refractivity contribution is 7.17. The van der Waals surface area contributed by atoms with Gasteiger partial charge in [-0.15, -0.1) is 11.3 Å². The zero-order valence-electron chi connectivity index (χ0n) is 17.1. The second-order valence-electron chi connectivity index (χ2n) is 7.90. The molecule has 1 aliphatic rings. The molecule has 3 aromatic rings. The van der Waals surface area contributed by atoms with Gasteiger partial charge in [0, 0.05) is 50.1 Å². The highest BCUT2D eigenvalue weighted by atomic mass is 32.1. The van der Waals surface area contributed by atoms with Crippen molar-refractivity contribution in [2.24, 2.45) is 0 Å². The van der Waals surface area contributed by atoms with Crippen molar-refractivity contribution >= 4 is 17.2 Å². The minimum Gasteiger partial charge on any atom is -0.338 e. The lowest BCUT2D eigenvalue weighted by molar-refractivity contribution is 0.0438. The van der Waals surface area contributed by atoms with Crippen LogP contribution in [0.5, 0.6) is 0 Å². The third kappa shape index (κ3) is 4.94. The number of hydrogen-bond donors (Lipinski definition) is 1. The Morgan fingerprint density at radius 3 is 2.60 bits per heavy atom. The zero-order valence-corrected chi connectivity index (χ0v) is 17.9. The molecule has 156 valence electrons. The van der Waals surface area contributed by atoms with E-state index in [0.29, 0.717) is 37.4 Å². The summed E-state index contributed by atoms with van der Waals surface area (Å²) in [6.45, 7) is 3.71. The van der Waals surface area contributed by atoms with Gasteiger partial charge in [0.1, 0.15) is 5.67 Å². The van der Waals surface area contributed by atoms with Crippen LogP contribution in [-0.4, -0.2) is 41.1 Å². The molecule has 4 nitrogen and oxygen atoms in total. The van der Waals surface area contributed by atoms with Crippen molar-refractivity contribution in [3.63, 3.8) is 0 Å². The van der Waals surface area contributed by atoms with Gasteiger partial charge in [0.05, 0.1) is 10.6 Å². The second-order valence-corrected chi connectivity index (χ2v) is 8.99. The first kappa shape index (κ1) is 20.7. The van der Waals surface area contributed by atoms with E-state index in [1.54, 1.807) is 4.90 Å². The monoisotopic (exact) mass is 423 g/mol. The van der Waals surface area contributed by atoms with Crippen LogP contribution >= 0.6 is 11.3 Å². The molecule has 2 aromatic heterocycles. The molecule has 3 heterocycles. The van der Waals surface area contributed by atoms with E-state index in [1.165, 1.54) is 11.3 Å². The van der Waals surface area contributed by atoms with E-state index in [0.717, 1.165) is 21.7 Å². The lowest BCUT2D eigenvalue weighted by Gasteiger charge is -2.36. The number of piperidine rings is 1. The fourth-order valence-electron chi connectivity index (χ4n) is 3.67. The molecule has 0 unspecified atom stereocenters. The Hall–Kier alpha value is -2.57. The average Bonchev–Trinajstić information content (AvgIpc) is 3.26. The smallest absolute Gasteiger partial charge is 0.263 e. The Labute approximate surface area is 180 Å². The number of nitrogens with one attached hydrogen (secondary N) is 1. The maximum absolute atomic E-state index is 15.2. The van der Waals surface area contributed by atoms with E-state index >= 15 is 4.39 Å². The molecule has 0 saturated carbocycles. The van der Waals surface area contributed by atoms with Crippen LogP contribution in [-0.2, 0) is 6.54 Å². The summed E-state index contributed by atoms with van der Waals surface area (Å²) in [5.74, 6) is 0.000968. The van der Waals surface area contributed by atoms with Crippen molar-refractivity contribution in [3.05, 3.63) is 76.9 Å². The number of carbonyl (C=O) groups is 1. The molecule has 6 heteroatoms. The SMILES string of the molecule is Cc1ccc(CNCC2(F)CCN(C(=O)c3ccc(-c4ccccc4)s3)CC2)nc1. The van der Waals surface area contributed by atoms with E-state index in [4.69, 9.17) is 0 Å². The van der Waals surface area contributed by atoms with E-state index in [-0.39, 0.29) is 12.5 Å². The van der Waals surface area contributed by atoms with Gasteiger partial charge < -0.3 is 10.2 Å². The van der Waals surface area contributed by atoms with Crippen molar-refractivity contribution in [2.45, 2.75) is 32.0 Å². The van der Waals surface area contributed by atoms with Gasteiger partial charge in [-0.3, -0.25) is 9.78 Å². The number of aromatic nitrogens is 1. The van der Waals surface area contributed by atoms with Crippen LogP contribution in [0.2, 0.25) is 0 Å². The maximum atomic E-state index is 15.2. The molecule has 1 saturated heterocycles. The lowest BCUT2D eigenvalue weighted by Crippen LogP contribution is -2.48. The van der Waals surface area contributed by atoms with E-state index in [2.05, 4.69) is 10.3 Å². The number of hydrogen-bond acceptors (Lipinski definition) is 4. The quantitative estimate of drug-likeness (QED) is 0.616. The summed E-state index contributed by atoms with van der Waals surface area (Å²) in [7, 11) is 0. The summed E-state index contributed by atoms with van der Waals surface area (Å²) >= 11 is 1.50. The molecule has 0 atom stereocenters. The summed E-state index contributed by atoms with van der Waals surface area (Å²) in [5.41, 5.74) is 1.84. The van der Waals surface area contributed by atoms with Gasteiger partial charge >= 0.3 is 0 Å². The largest absolute Gasteiger partial charge is 0.338 e. The van der Waals surface area contributed by atoms with Crippen LogP contribution in [0.3, 0.4) is 0 Å². The van der Waals surface area contributed by atoms with Crippen LogP contribution in [0, 0.1) is 6.92 Å². The Morgan fingerprint density at radius 1 is 1.13 bits per heavy atom. The van der Waals surface area contributed by atoms with Crippen molar-refractivity contribution in [2.75, 3.05) is 19.6 Å². The van der Waals surface area contributed by atoms with Crippen LogP contribution in [0.1, 0.15) is 33.8 Å². The second kappa shape index (κ2) is 9.06. The van der Waals surface area contributed by atoms with Crippen LogP contribution in [0.15, 0.2) is 60.8 Å². The number of amides is 1. The van der Waals surface area contributed by atoms with Gasteiger partial charge in [-0.2, -0.15) is 0 Å². The number of rotatable bonds is 6. The van der Waals surface area contributed by atoms with E-state index in [1.807, 2.05) is 67.7 Å². The van der Waals surface area contributed by atoms with Crippen molar-refractivity contribution in [3.8, 4) is 10.4 Å². The summed E-state index contributed by atoms with van der Waals surface area (Å²) < 4.78 is 15.2. The number of likely N-dealkylation sites (tertiary alicyclic amines) is 1. The molecule has 30 heavy (non-hydrogen) atoms. The maximum Gasteiger partial charge on any atom is 0.263 e. The standard InChI is InChI=1S/C24H26FN3OS/c1-18-7-8-20(27-15-18)16-26-17-24(25)11-13-28(14-12-24)23(29)22-10-9-21(30-22)19-5-3-2-4-6-19/h2-10,15,26H,11-14,16-17H2,1H3. The third-order valence-electron chi connectivity index (χ3n) is 5.54. The minimum atomic E-state index is -1.29. The molecule has 1 aromatic carbocycles. The summed E-state index contributed by atoms with van der Waals surface area (Å²) in [5, 5.41) is 3.19. The van der Waals surface area contributed by atoms with Gasteiger partial charge in [-0.25, -0.2) is 4.39 Å². The van der Waals surface area contributed by atoms with Gasteiger partial charge in [0.25, 0.3) is 5.91 Å². The molecule has 0 aliphatic carbocycles. The first-order chi connectivity index (χ1) is 14.5. The van der Waals surface area contributed by atoms with E-state index < -0.39 is 5.67 Å². The van der Waals surface area contributed by atoms with Crippen molar-refractivity contribution < 1.29 is 9.18 Å². The predicted octanol–water partition coefficient (Wildman–Crippen LogP) is 4.85. The molecule has 1 N–H and O–H groups in total. The number of aryl methyl sites for hydroxylation is 1. The molecule has 1 aliphatic heterocycles. The Balaban J connectivity index is 1.29. The fourth-order valence-corrected chi connectivity index (χ4v) is 4.65. The van der Waals surface area contributed by atoms with Crippen molar-refractivity contribution in [1.82, 2.24) is 15.2 Å². The topological polar surface area (TPSA) is 45.2 Å². The normalized spacial score (nSPS) is 15.9. The number of thiophene rings is 1. The van der Waals surface area contributed by atoms with E-state index in [9.17, 15) is 4.79 Å². The van der Waals surface area contributed by atoms with Gasteiger partial charge in [0.2, 0.25) is 0 Å². The molecule has 0 bridgehead atoms. The molecular weight excluding hydrogens is 397 g/mol. The number of pyridine rings is 1. The van der Waals surface area contributed by atoms with Crippen LogP contribution < -0.4 is 5.32 Å². The highest BCUT2D eigenvalue weighted by Gasteiger charge is 2.36.